The smallest absolute Gasteiger partial charge is 0.310 e. The monoisotopic (exact) mass is 316 g/mol. The van der Waals surface area contributed by atoms with Crippen LogP contribution in [0.3, 0.4) is 0 Å². The highest BCUT2D eigenvalue weighted by Crippen LogP contribution is 2.27. The Hall–Kier alpha value is -1.63. The Morgan fingerprint density at radius 2 is 2.22 bits per heavy atom. The molecule has 1 amide bonds. The van der Waals surface area contributed by atoms with E-state index < -0.39 is 4.92 Å². The SMILES string of the molecule is COc1cc(C(=O)N(C)CCBr)ccc1[N+](=O)[O-]. The molecule has 0 aliphatic heterocycles. The van der Waals surface area contributed by atoms with E-state index in [0.29, 0.717) is 17.4 Å². The van der Waals surface area contributed by atoms with Crippen LogP contribution >= 0.6 is 15.9 Å². The Kier molecular flexibility index (Phi) is 5.08. The number of carbonyl (C=O) groups is 1. The lowest BCUT2D eigenvalue weighted by molar-refractivity contribution is -0.385. The van der Waals surface area contributed by atoms with Crippen LogP contribution in [0.1, 0.15) is 10.4 Å². The van der Waals surface area contributed by atoms with Crippen LogP contribution in [0.4, 0.5) is 5.69 Å². The van der Waals surface area contributed by atoms with E-state index in [9.17, 15) is 14.9 Å². The van der Waals surface area contributed by atoms with Gasteiger partial charge in [0.2, 0.25) is 0 Å². The predicted molar refractivity (Wildman–Crippen MR) is 70.4 cm³/mol. The molecule has 0 aliphatic carbocycles. The zero-order valence-corrected chi connectivity index (χ0v) is 11.6. The molecule has 1 aromatic carbocycles. The maximum absolute atomic E-state index is 12.0. The molecule has 0 unspecified atom stereocenters. The highest BCUT2D eigenvalue weighted by Gasteiger charge is 2.18. The topological polar surface area (TPSA) is 72.7 Å². The van der Waals surface area contributed by atoms with E-state index in [1.54, 1.807) is 7.05 Å². The molecular weight excluding hydrogens is 304 g/mol. The van der Waals surface area contributed by atoms with Crippen LogP contribution in [0.5, 0.6) is 5.75 Å². The van der Waals surface area contributed by atoms with Gasteiger partial charge in [0.15, 0.2) is 5.75 Å². The lowest BCUT2D eigenvalue weighted by Crippen LogP contribution is -2.28. The summed E-state index contributed by atoms with van der Waals surface area (Å²) in [4.78, 5) is 23.7. The van der Waals surface area contributed by atoms with Crippen molar-refractivity contribution >= 4 is 27.5 Å². The van der Waals surface area contributed by atoms with E-state index in [-0.39, 0.29) is 17.3 Å². The first-order chi connectivity index (χ1) is 8.51. The molecule has 0 bridgehead atoms. The Labute approximate surface area is 113 Å². The van der Waals surface area contributed by atoms with E-state index in [4.69, 9.17) is 4.74 Å². The number of carbonyl (C=O) groups excluding carboxylic acids is 1. The van der Waals surface area contributed by atoms with Crippen LogP contribution in [0.15, 0.2) is 18.2 Å². The molecule has 18 heavy (non-hydrogen) atoms. The van der Waals surface area contributed by atoms with Crippen LogP contribution in [-0.2, 0) is 0 Å². The van der Waals surface area contributed by atoms with Gasteiger partial charge in [-0.1, -0.05) is 15.9 Å². The summed E-state index contributed by atoms with van der Waals surface area (Å²) in [5, 5.41) is 11.4. The Morgan fingerprint density at radius 3 is 2.72 bits per heavy atom. The molecule has 0 atom stereocenters. The Balaban J connectivity index is 3.05. The number of rotatable bonds is 5. The number of nitro benzene ring substituents is 1. The number of ether oxygens (including phenoxy) is 1. The summed E-state index contributed by atoms with van der Waals surface area (Å²) < 4.78 is 4.92. The minimum Gasteiger partial charge on any atom is -0.490 e. The summed E-state index contributed by atoms with van der Waals surface area (Å²) in [6, 6.07) is 4.08. The van der Waals surface area contributed by atoms with Crippen molar-refractivity contribution in [3.63, 3.8) is 0 Å². The van der Waals surface area contributed by atoms with Gasteiger partial charge in [-0.3, -0.25) is 14.9 Å². The molecule has 0 saturated carbocycles. The molecule has 0 aliphatic rings. The average Bonchev–Trinajstić information content (AvgIpc) is 2.37. The first kappa shape index (κ1) is 14.4. The number of hydrogen-bond donors (Lipinski definition) is 0. The van der Waals surface area contributed by atoms with Gasteiger partial charge in [0, 0.05) is 36.6 Å². The maximum atomic E-state index is 12.0. The van der Waals surface area contributed by atoms with Crippen LogP contribution in [0.25, 0.3) is 0 Å². The summed E-state index contributed by atoms with van der Waals surface area (Å²) in [5.41, 5.74) is 0.207. The molecule has 0 spiro atoms. The van der Waals surface area contributed by atoms with E-state index in [0.717, 1.165) is 0 Å². The van der Waals surface area contributed by atoms with Gasteiger partial charge >= 0.3 is 5.69 Å². The molecule has 0 aromatic heterocycles. The summed E-state index contributed by atoms with van der Waals surface area (Å²) in [6.45, 7) is 0.554. The summed E-state index contributed by atoms with van der Waals surface area (Å²) in [5.74, 6) is -0.124. The number of nitro groups is 1. The van der Waals surface area contributed by atoms with Gasteiger partial charge < -0.3 is 9.64 Å². The third-order valence-electron chi connectivity index (χ3n) is 2.39. The predicted octanol–water partition coefficient (Wildman–Crippen LogP) is 2.07. The molecule has 98 valence electrons. The van der Waals surface area contributed by atoms with Gasteiger partial charge in [-0.25, -0.2) is 0 Å². The number of halogens is 1. The Morgan fingerprint density at radius 1 is 1.56 bits per heavy atom. The van der Waals surface area contributed by atoms with Gasteiger partial charge in [0.1, 0.15) is 0 Å². The van der Waals surface area contributed by atoms with Crippen LogP contribution < -0.4 is 4.74 Å². The van der Waals surface area contributed by atoms with Crippen LogP contribution in [0.2, 0.25) is 0 Å². The first-order valence-corrected chi connectivity index (χ1v) is 6.27. The zero-order chi connectivity index (χ0) is 13.7. The van der Waals surface area contributed by atoms with E-state index in [1.165, 1.54) is 30.2 Å². The molecule has 1 aromatic rings. The van der Waals surface area contributed by atoms with Gasteiger partial charge in [-0.05, 0) is 6.07 Å². The van der Waals surface area contributed by atoms with Gasteiger partial charge in [0.05, 0.1) is 12.0 Å². The fraction of sp³-hybridized carbons (Fsp3) is 0.364. The van der Waals surface area contributed by atoms with Gasteiger partial charge in [-0.2, -0.15) is 0 Å². The molecule has 0 heterocycles. The molecule has 6 nitrogen and oxygen atoms in total. The van der Waals surface area contributed by atoms with E-state index in [1.807, 2.05) is 0 Å². The average molecular weight is 317 g/mol. The molecular formula is C11H13BrN2O4. The third-order valence-corrected chi connectivity index (χ3v) is 2.74. The number of benzene rings is 1. The lowest BCUT2D eigenvalue weighted by Gasteiger charge is -2.15. The van der Waals surface area contributed by atoms with Crippen LogP contribution in [0, 0.1) is 10.1 Å². The first-order valence-electron chi connectivity index (χ1n) is 5.15. The molecule has 1 rings (SSSR count). The zero-order valence-electron chi connectivity index (χ0n) is 10.1. The van der Waals surface area contributed by atoms with Crippen LogP contribution in [-0.4, -0.2) is 41.8 Å². The third kappa shape index (κ3) is 3.19. The molecule has 0 saturated heterocycles. The van der Waals surface area contributed by atoms with Crippen molar-refractivity contribution in [3.8, 4) is 5.75 Å². The van der Waals surface area contributed by atoms with E-state index >= 15 is 0 Å². The van der Waals surface area contributed by atoms with Crippen molar-refractivity contribution in [1.29, 1.82) is 0 Å². The van der Waals surface area contributed by atoms with Crippen molar-refractivity contribution in [2.45, 2.75) is 0 Å². The number of amides is 1. The molecule has 0 N–H and O–H groups in total. The van der Waals surface area contributed by atoms with Crippen molar-refractivity contribution in [3.05, 3.63) is 33.9 Å². The van der Waals surface area contributed by atoms with Crippen molar-refractivity contribution < 1.29 is 14.5 Å². The fourth-order valence-corrected chi connectivity index (χ4v) is 1.94. The maximum Gasteiger partial charge on any atom is 0.310 e. The number of nitrogens with zero attached hydrogens (tertiary/aromatic N) is 2. The van der Waals surface area contributed by atoms with Crippen molar-refractivity contribution in [1.82, 2.24) is 4.90 Å². The summed E-state index contributed by atoms with van der Waals surface area (Å²) in [7, 11) is 3.00. The summed E-state index contributed by atoms with van der Waals surface area (Å²) in [6.07, 6.45) is 0. The lowest BCUT2D eigenvalue weighted by atomic mass is 10.1. The largest absolute Gasteiger partial charge is 0.490 e. The second-order valence-corrected chi connectivity index (χ2v) is 4.35. The highest BCUT2D eigenvalue weighted by molar-refractivity contribution is 9.09. The number of alkyl halides is 1. The molecule has 7 heteroatoms. The minimum atomic E-state index is -0.546. The van der Waals surface area contributed by atoms with Crippen molar-refractivity contribution in [2.24, 2.45) is 0 Å². The second-order valence-electron chi connectivity index (χ2n) is 3.56. The fourth-order valence-electron chi connectivity index (χ4n) is 1.41. The summed E-state index contributed by atoms with van der Waals surface area (Å²) >= 11 is 3.24. The van der Waals surface area contributed by atoms with E-state index in [2.05, 4.69) is 15.9 Å². The minimum absolute atomic E-state index is 0.0816. The van der Waals surface area contributed by atoms with Gasteiger partial charge in [-0.15, -0.1) is 0 Å². The quantitative estimate of drug-likeness (QED) is 0.473. The number of methoxy groups -OCH3 is 1. The van der Waals surface area contributed by atoms with Crippen molar-refractivity contribution in [2.75, 3.05) is 26.0 Å². The normalized spacial score (nSPS) is 9.94. The molecule has 0 radical (unpaired) electrons. The second kappa shape index (κ2) is 6.34. The molecule has 0 fully saturated rings. The highest BCUT2D eigenvalue weighted by atomic mass is 79.9. The van der Waals surface area contributed by atoms with Gasteiger partial charge in [0.25, 0.3) is 5.91 Å². The Bertz CT molecular complexity index is 464. The standard InChI is InChI=1S/C11H13BrN2O4/c1-13(6-5-12)11(15)8-3-4-9(14(16)17)10(7-8)18-2/h3-4,7H,5-6H2,1-2H3. The number of hydrogen-bond acceptors (Lipinski definition) is 4.